The van der Waals surface area contributed by atoms with Crippen LogP contribution in [0.3, 0.4) is 0 Å². The zero-order valence-corrected chi connectivity index (χ0v) is 20.1. The van der Waals surface area contributed by atoms with Crippen LogP contribution < -0.4 is 5.32 Å². The molecule has 6 nitrogen and oxygen atoms in total. The Morgan fingerprint density at radius 1 is 0.943 bits per heavy atom. The number of rotatable bonds is 4. The Labute approximate surface area is 209 Å². The van der Waals surface area contributed by atoms with Gasteiger partial charge in [0.15, 0.2) is 0 Å². The maximum Gasteiger partial charge on any atom is 0.257 e. The van der Waals surface area contributed by atoms with Crippen molar-refractivity contribution in [2.45, 2.75) is 25.7 Å². The predicted octanol–water partition coefficient (Wildman–Crippen LogP) is 5.86. The van der Waals surface area contributed by atoms with Gasteiger partial charge in [-0.05, 0) is 78.6 Å². The number of amides is 2. The molecular weight excluding hydrogens is 460 g/mol. The maximum absolute atomic E-state index is 13.3. The number of nitrogens with one attached hydrogen (secondary N) is 1. The van der Waals surface area contributed by atoms with Gasteiger partial charge in [0, 0.05) is 48.3 Å². The molecule has 3 heterocycles. The van der Waals surface area contributed by atoms with E-state index < -0.39 is 0 Å². The SMILES string of the molecule is Cc1ccc(C(=O)N2CCC(c3ccc4ccncc4c3)CC2)cc1NC(=O)c1ccc(Cl)nc1. The first-order chi connectivity index (χ1) is 17.0. The third-order valence-electron chi connectivity index (χ3n) is 6.64. The van der Waals surface area contributed by atoms with Crippen LogP contribution in [0, 0.1) is 6.92 Å². The third kappa shape index (κ3) is 5.03. The Kier molecular flexibility index (Phi) is 6.47. The summed E-state index contributed by atoms with van der Waals surface area (Å²) in [4.78, 5) is 36.0. The summed E-state index contributed by atoms with van der Waals surface area (Å²) < 4.78 is 0. The lowest BCUT2D eigenvalue weighted by molar-refractivity contribution is 0.0712. The van der Waals surface area contributed by atoms with Crippen molar-refractivity contribution < 1.29 is 9.59 Å². The Hall–Kier alpha value is -3.77. The first-order valence-corrected chi connectivity index (χ1v) is 12.0. The normalized spacial score (nSPS) is 14.2. The highest BCUT2D eigenvalue weighted by Crippen LogP contribution is 2.31. The zero-order valence-electron chi connectivity index (χ0n) is 19.4. The van der Waals surface area contributed by atoms with E-state index in [-0.39, 0.29) is 11.8 Å². The van der Waals surface area contributed by atoms with E-state index in [1.54, 1.807) is 18.2 Å². The molecule has 1 fully saturated rings. The summed E-state index contributed by atoms with van der Waals surface area (Å²) in [5.74, 6) is 0.104. The van der Waals surface area contributed by atoms with Crippen LogP contribution >= 0.6 is 11.6 Å². The monoisotopic (exact) mass is 484 g/mol. The van der Waals surface area contributed by atoms with Crippen molar-refractivity contribution in [2.75, 3.05) is 18.4 Å². The average molecular weight is 485 g/mol. The van der Waals surface area contributed by atoms with Crippen molar-refractivity contribution in [1.82, 2.24) is 14.9 Å². The minimum absolute atomic E-state index is 0.0187. The quantitative estimate of drug-likeness (QED) is 0.368. The van der Waals surface area contributed by atoms with Gasteiger partial charge in [0.05, 0.1) is 5.56 Å². The Morgan fingerprint density at radius 3 is 2.51 bits per heavy atom. The molecule has 7 heteroatoms. The summed E-state index contributed by atoms with van der Waals surface area (Å²) in [6.07, 6.45) is 6.96. The molecule has 1 aliphatic heterocycles. The van der Waals surface area contributed by atoms with Crippen molar-refractivity contribution in [3.05, 3.63) is 101 Å². The lowest BCUT2D eigenvalue weighted by Crippen LogP contribution is -2.38. The molecule has 0 bridgehead atoms. The van der Waals surface area contributed by atoms with Crippen LogP contribution in [0.1, 0.15) is 50.6 Å². The second kappa shape index (κ2) is 9.84. The average Bonchev–Trinajstić information content (AvgIpc) is 2.89. The van der Waals surface area contributed by atoms with E-state index >= 15 is 0 Å². The Bertz CT molecular complexity index is 1400. The molecular formula is C28H25ClN4O2. The molecule has 0 radical (unpaired) electrons. The molecule has 0 spiro atoms. The molecule has 0 aliphatic carbocycles. The van der Waals surface area contributed by atoms with E-state index in [1.165, 1.54) is 17.1 Å². The molecule has 2 aromatic carbocycles. The van der Waals surface area contributed by atoms with E-state index in [9.17, 15) is 9.59 Å². The first-order valence-electron chi connectivity index (χ1n) is 11.6. The summed E-state index contributed by atoms with van der Waals surface area (Å²) in [5.41, 5.74) is 3.75. The molecule has 1 N–H and O–H groups in total. The second-order valence-corrected chi connectivity index (χ2v) is 9.29. The number of halogens is 1. The minimum Gasteiger partial charge on any atom is -0.339 e. The lowest BCUT2D eigenvalue weighted by Gasteiger charge is -2.32. The molecule has 0 unspecified atom stereocenters. The summed E-state index contributed by atoms with van der Waals surface area (Å²) in [7, 11) is 0. The summed E-state index contributed by atoms with van der Waals surface area (Å²) >= 11 is 5.81. The lowest BCUT2D eigenvalue weighted by atomic mass is 9.88. The number of fused-ring (bicyclic) bond motifs is 1. The van der Waals surface area contributed by atoms with Gasteiger partial charge in [0.25, 0.3) is 11.8 Å². The Morgan fingerprint density at radius 2 is 1.74 bits per heavy atom. The van der Waals surface area contributed by atoms with Crippen LogP contribution in [0.5, 0.6) is 0 Å². The van der Waals surface area contributed by atoms with Crippen molar-refractivity contribution in [2.24, 2.45) is 0 Å². The molecule has 0 atom stereocenters. The first kappa shape index (κ1) is 23.0. The minimum atomic E-state index is -0.298. The Balaban J connectivity index is 1.25. The van der Waals surface area contributed by atoms with Gasteiger partial charge < -0.3 is 10.2 Å². The van der Waals surface area contributed by atoms with Crippen LogP contribution in [-0.4, -0.2) is 39.8 Å². The fraction of sp³-hybridized carbons (Fsp3) is 0.214. The van der Waals surface area contributed by atoms with E-state index in [4.69, 9.17) is 11.6 Å². The molecule has 176 valence electrons. The van der Waals surface area contributed by atoms with Crippen molar-refractivity contribution in [1.29, 1.82) is 0 Å². The molecule has 4 aromatic rings. The van der Waals surface area contributed by atoms with Gasteiger partial charge >= 0.3 is 0 Å². The van der Waals surface area contributed by atoms with Gasteiger partial charge in [-0.2, -0.15) is 0 Å². The number of benzene rings is 2. The summed E-state index contributed by atoms with van der Waals surface area (Å²) in [6.45, 7) is 3.29. The highest BCUT2D eigenvalue weighted by atomic mass is 35.5. The number of anilines is 1. The van der Waals surface area contributed by atoms with E-state index in [1.807, 2.05) is 42.4 Å². The van der Waals surface area contributed by atoms with Crippen LogP contribution in [0.2, 0.25) is 5.15 Å². The van der Waals surface area contributed by atoms with Crippen molar-refractivity contribution >= 4 is 39.9 Å². The fourth-order valence-corrected chi connectivity index (χ4v) is 4.66. The standard InChI is InChI=1S/C28H25ClN4O2/c1-18-2-3-22(15-25(18)32-27(34)23-6-7-26(29)31-17-23)28(35)33-12-9-20(10-13-33)21-5-4-19-8-11-30-16-24(19)14-21/h2-8,11,14-17,20H,9-10,12-13H2,1H3,(H,32,34). The van der Waals surface area contributed by atoms with Gasteiger partial charge in [-0.1, -0.05) is 29.8 Å². The summed E-state index contributed by atoms with van der Waals surface area (Å²) in [6, 6.07) is 17.2. The molecule has 2 amide bonds. The van der Waals surface area contributed by atoms with E-state index in [2.05, 4.69) is 33.5 Å². The zero-order chi connectivity index (χ0) is 24.4. The van der Waals surface area contributed by atoms with Crippen LogP contribution in [-0.2, 0) is 0 Å². The molecule has 35 heavy (non-hydrogen) atoms. The molecule has 1 aliphatic rings. The fourth-order valence-electron chi connectivity index (χ4n) is 4.55. The number of hydrogen-bond acceptors (Lipinski definition) is 4. The maximum atomic E-state index is 13.3. The smallest absolute Gasteiger partial charge is 0.257 e. The van der Waals surface area contributed by atoms with Crippen molar-refractivity contribution in [3.8, 4) is 0 Å². The number of carbonyl (C=O) groups excluding carboxylic acids is 2. The number of aryl methyl sites for hydroxylation is 1. The van der Waals surface area contributed by atoms with E-state index in [0.29, 0.717) is 41.0 Å². The number of pyridine rings is 2. The topological polar surface area (TPSA) is 75.2 Å². The summed E-state index contributed by atoms with van der Waals surface area (Å²) in [5, 5.41) is 5.55. The number of likely N-dealkylation sites (tertiary alicyclic amines) is 1. The van der Waals surface area contributed by atoms with Crippen molar-refractivity contribution in [3.63, 3.8) is 0 Å². The van der Waals surface area contributed by atoms with Gasteiger partial charge in [-0.25, -0.2) is 4.98 Å². The van der Waals surface area contributed by atoms with Crippen LogP contribution in [0.25, 0.3) is 10.8 Å². The number of nitrogens with zero attached hydrogens (tertiary/aromatic N) is 3. The molecule has 1 saturated heterocycles. The van der Waals surface area contributed by atoms with E-state index in [0.717, 1.165) is 23.8 Å². The van der Waals surface area contributed by atoms with Crippen LogP contribution in [0.4, 0.5) is 5.69 Å². The number of aromatic nitrogens is 2. The van der Waals surface area contributed by atoms with Crippen LogP contribution in [0.15, 0.2) is 73.2 Å². The highest BCUT2D eigenvalue weighted by molar-refractivity contribution is 6.29. The number of carbonyl (C=O) groups is 2. The highest BCUT2D eigenvalue weighted by Gasteiger charge is 2.25. The van der Waals surface area contributed by atoms with Gasteiger partial charge in [-0.15, -0.1) is 0 Å². The molecule has 0 saturated carbocycles. The van der Waals surface area contributed by atoms with Gasteiger partial charge in [-0.3, -0.25) is 14.6 Å². The largest absolute Gasteiger partial charge is 0.339 e. The van der Waals surface area contributed by atoms with Gasteiger partial charge in [0.2, 0.25) is 0 Å². The molecule has 2 aromatic heterocycles. The van der Waals surface area contributed by atoms with Gasteiger partial charge in [0.1, 0.15) is 5.15 Å². The predicted molar refractivity (Wildman–Crippen MR) is 138 cm³/mol. The second-order valence-electron chi connectivity index (χ2n) is 8.90. The third-order valence-corrected chi connectivity index (χ3v) is 6.86. The molecule has 5 rings (SSSR count). The number of piperidine rings is 1. The number of hydrogen-bond donors (Lipinski definition) is 1.